The summed E-state index contributed by atoms with van der Waals surface area (Å²) < 4.78 is 8.93. The van der Waals surface area contributed by atoms with Gasteiger partial charge in [0.15, 0.2) is 10.9 Å². The number of aromatic nitrogens is 3. The zero-order valence-corrected chi connectivity index (χ0v) is 21.0. The monoisotopic (exact) mass is 537 g/mol. The number of benzene rings is 2. The van der Waals surface area contributed by atoms with E-state index in [1.807, 2.05) is 51.9 Å². The maximum absolute atomic E-state index is 12.9. The fourth-order valence-corrected chi connectivity index (χ4v) is 5.30. The number of anilines is 1. The number of piperazine rings is 1. The molecule has 1 amide bonds. The molecule has 34 heavy (non-hydrogen) atoms. The van der Waals surface area contributed by atoms with Gasteiger partial charge in [-0.25, -0.2) is 0 Å². The second kappa shape index (κ2) is 10.1. The van der Waals surface area contributed by atoms with Gasteiger partial charge in [0.05, 0.1) is 5.75 Å². The van der Waals surface area contributed by atoms with Gasteiger partial charge in [-0.2, -0.15) is 0 Å². The summed E-state index contributed by atoms with van der Waals surface area (Å²) in [5, 5.41) is 10.4. The number of thioether (sulfide) groups is 1. The van der Waals surface area contributed by atoms with Gasteiger partial charge in [0.1, 0.15) is 5.58 Å². The van der Waals surface area contributed by atoms with Crippen LogP contribution in [0.15, 0.2) is 81.3 Å². The molecule has 0 N–H and O–H groups in total. The number of nitrogens with zero attached hydrogens (tertiary/aromatic N) is 5. The number of amides is 1. The van der Waals surface area contributed by atoms with Gasteiger partial charge in [-0.3, -0.25) is 9.36 Å². The summed E-state index contributed by atoms with van der Waals surface area (Å²) in [5.74, 6) is 1.69. The maximum Gasteiger partial charge on any atom is 0.233 e. The molecule has 1 aliphatic rings. The Morgan fingerprint density at radius 3 is 2.65 bits per heavy atom. The highest BCUT2D eigenvalue weighted by Crippen LogP contribution is 2.31. The van der Waals surface area contributed by atoms with Gasteiger partial charge in [-0.15, -0.1) is 16.8 Å². The topological polar surface area (TPSA) is 67.4 Å². The van der Waals surface area contributed by atoms with E-state index in [0.29, 0.717) is 42.1 Å². The number of rotatable bonds is 7. The van der Waals surface area contributed by atoms with E-state index in [-0.39, 0.29) is 5.91 Å². The Balaban J connectivity index is 1.25. The highest BCUT2D eigenvalue weighted by Gasteiger charge is 2.23. The third kappa shape index (κ3) is 4.76. The number of halogens is 1. The van der Waals surface area contributed by atoms with E-state index in [1.54, 1.807) is 6.08 Å². The van der Waals surface area contributed by atoms with Crippen LogP contribution in [0.25, 0.3) is 22.6 Å². The Kier molecular flexibility index (Phi) is 6.73. The highest BCUT2D eigenvalue weighted by atomic mass is 79.9. The van der Waals surface area contributed by atoms with Crippen LogP contribution in [0.2, 0.25) is 0 Å². The summed E-state index contributed by atoms with van der Waals surface area (Å²) in [5.41, 5.74) is 1.98. The molecule has 7 nitrogen and oxygen atoms in total. The van der Waals surface area contributed by atoms with Gasteiger partial charge in [-0.05, 0) is 36.4 Å². The third-order valence-electron chi connectivity index (χ3n) is 5.81. The van der Waals surface area contributed by atoms with Crippen molar-refractivity contribution in [3.63, 3.8) is 0 Å². The first-order valence-electron chi connectivity index (χ1n) is 11.1. The van der Waals surface area contributed by atoms with Crippen LogP contribution in [-0.2, 0) is 11.3 Å². The summed E-state index contributed by atoms with van der Waals surface area (Å²) >= 11 is 4.89. The Morgan fingerprint density at radius 2 is 1.88 bits per heavy atom. The van der Waals surface area contributed by atoms with Crippen LogP contribution in [0, 0.1) is 0 Å². The summed E-state index contributed by atoms with van der Waals surface area (Å²) in [6, 6.07) is 18.1. The molecule has 0 spiro atoms. The average Bonchev–Trinajstić information content (AvgIpc) is 3.47. The largest absolute Gasteiger partial charge is 0.453 e. The Hall–Kier alpha value is -3.04. The zero-order valence-electron chi connectivity index (χ0n) is 18.6. The van der Waals surface area contributed by atoms with Gasteiger partial charge in [0.2, 0.25) is 11.7 Å². The summed E-state index contributed by atoms with van der Waals surface area (Å²) in [4.78, 5) is 17.1. The molecule has 5 rings (SSSR count). The molecule has 4 aromatic rings. The lowest BCUT2D eigenvalue weighted by atomic mass is 10.2. The number of para-hydroxylation sites is 1. The Morgan fingerprint density at radius 1 is 1.09 bits per heavy atom. The van der Waals surface area contributed by atoms with Crippen LogP contribution in [0.3, 0.4) is 0 Å². The van der Waals surface area contributed by atoms with E-state index in [2.05, 4.69) is 49.7 Å². The molecule has 174 valence electrons. The lowest BCUT2D eigenvalue weighted by molar-refractivity contribution is -0.128. The zero-order chi connectivity index (χ0) is 23.5. The number of hydrogen-bond acceptors (Lipinski definition) is 6. The second-order valence-electron chi connectivity index (χ2n) is 7.99. The first-order chi connectivity index (χ1) is 16.6. The van der Waals surface area contributed by atoms with Crippen molar-refractivity contribution in [3.8, 4) is 11.6 Å². The van der Waals surface area contributed by atoms with Crippen molar-refractivity contribution < 1.29 is 9.21 Å². The van der Waals surface area contributed by atoms with E-state index in [9.17, 15) is 4.79 Å². The summed E-state index contributed by atoms with van der Waals surface area (Å²) in [6.45, 7) is 7.48. The minimum absolute atomic E-state index is 0.112. The molecular formula is C25H24BrN5O2S. The smallest absolute Gasteiger partial charge is 0.233 e. The molecule has 3 heterocycles. The van der Waals surface area contributed by atoms with Crippen LogP contribution < -0.4 is 4.90 Å². The first kappa shape index (κ1) is 22.7. The normalized spacial score (nSPS) is 14.0. The summed E-state index contributed by atoms with van der Waals surface area (Å²) in [6.07, 6.45) is 1.79. The number of carbonyl (C=O) groups is 1. The Bertz CT molecular complexity index is 1310. The van der Waals surface area contributed by atoms with Crippen molar-refractivity contribution in [1.29, 1.82) is 0 Å². The third-order valence-corrected chi connectivity index (χ3v) is 7.25. The van der Waals surface area contributed by atoms with E-state index >= 15 is 0 Å². The number of carbonyl (C=O) groups excluding carboxylic acids is 1. The fraction of sp³-hybridized carbons (Fsp3) is 0.240. The van der Waals surface area contributed by atoms with Crippen LogP contribution in [0.1, 0.15) is 0 Å². The van der Waals surface area contributed by atoms with Gasteiger partial charge in [-0.1, -0.05) is 52.0 Å². The molecule has 0 bridgehead atoms. The highest BCUT2D eigenvalue weighted by molar-refractivity contribution is 9.10. The minimum atomic E-state index is 0.112. The lowest BCUT2D eigenvalue weighted by Crippen LogP contribution is -2.49. The minimum Gasteiger partial charge on any atom is -0.453 e. The molecule has 9 heteroatoms. The Labute approximate surface area is 210 Å². The van der Waals surface area contributed by atoms with Gasteiger partial charge >= 0.3 is 0 Å². The second-order valence-corrected chi connectivity index (χ2v) is 9.85. The van der Waals surface area contributed by atoms with Crippen LogP contribution >= 0.6 is 27.7 Å². The molecule has 1 aliphatic heterocycles. The predicted octanol–water partition coefficient (Wildman–Crippen LogP) is 5.08. The standard InChI is InChI=1S/C25H24BrN5O2S/c1-2-10-31-24(22-16-18-15-19(26)8-9-21(18)33-22)27-28-25(31)34-17-23(32)30-13-11-29(12-14-30)20-6-4-3-5-7-20/h2-9,15-16H,1,10-14,17H2. The van der Waals surface area contributed by atoms with Crippen molar-refractivity contribution in [2.75, 3.05) is 36.8 Å². The van der Waals surface area contributed by atoms with Crippen LogP contribution in [0.5, 0.6) is 0 Å². The van der Waals surface area contributed by atoms with E-state index < -0.39 is 0 Å². The number of allylic oxidation sites excluding steroid dienone is 1. The molecule has 2 aromatic heterocycles. The molecule has 1 saturated heterocycles. The van der Waals surface area contributed by atoms with E-state index in [4.69, 9.17) is 4.42 Å². The SMILES string of the molecule is C=CCn1c(SCC(=O)N2CCN(c3ccccc3)CC2)nnc1-c1cc2cc(Br)ccc2o1. The van der Waals surface area contributed by atoms with Crippen molar-refractivity contribution >= 4 is 50.3 Å². The number of fused-ring (bicyclic) bond motifs is 1. The van der Waals surface area contributed by atoms with Crippen molar-refractivity contribution in [2.24, 2.45) is 0 Å². The van der Waals surface area contributed by atoms with Crippen molar-refractivity contribution in [1.82, 2.24) is 19.7 Å². The molecule has 0 saturated carbocycles. The van der Waals surface area contributed by atoms with Gasteiger partial charge in [0.25, 0.3) is 0 Å². The molecule has 0 atom stereocenters. The number of hydrogen-bond donors (Lipinski definition) is 0. The molecule has 0 unspecified atom stereocenters. The fourth-order valence-electron chi connectivity index (χ4n) is 4.07. The predicted molar refractivity (Wildman–Crippen MR) is 139 cm³/mol. The first-order valence-corrected chi connectivity index (χ1v) is 12.8. The van der Waals surface area contributed by atoms with E-state index in [1.165, 1.54) is 17.4 Å². The molecule has 2 aromatic carbocycles. The van der Waals surface area contributed by atoms with Crippen molar-refractivity contribution in [3.05, 3.63) is 71.7 Å². The van der Waals surface area contributed by atoms with Crippen molar-refractivity contribution in [2.45, 2.75) is 11.7 Å². The number of furan rings is 1. The molecule has 1 fully saturated rings. The molecule has 0 radical (unpaired) electrons. The van der Waals surface area contributed by atoms with Gasteiger partial charge in [0, 0.05) is 48.3 Å². The van der Waals surface area contributed by atoms with E-state index in [0.717, 1.165) is 28.5 Å². The average molecular weight is 538 g/mol. The quantitative estimate of drug-likeness (QED) is 0.242. The summed E-state index contributed by atoms with van der Waals surface area (Å²) in [7, 11) is 0. The lowest BCUT2D eigenvalue weighted by Gasteiger charge is -2.36. The van der Waals surface area contributed by atoms with Gasteiger partial charge < -0.3 is 14.2 Å². The maximum atomic E-state index is 12.9. The van der Waals surface area contributed by atoms with Crippen LogP contribution in [0.4, 0.5) is 5.69 Å². The molecular weight excluding hydrogens is 514 g/mol. The molecule has 0 aliphatic carbocycles. The van der Waals surface area contributed by atoms with Crippen LogP contribution in [-0.4, -0.2) is 57.5 Å².